The van der Waals surface area contributed by atoms with Gasteiger partial charge in [-0.15, -0.1) is 0 Å². The first-order valence-electron chi connectivity index (χ1n) is 5.72. The molecule has 7 heteroatoms. The molecule has 96 valence electrons. The van der Waals surface area contributed by atoms with E-state index in [0.717, 1.165) is 0 Å². The molecule has 0 saturated carbocycles. The summed E-state index contributed by atoms with van der Waals surface area (Å²) in [7, 11) is 0. The third kappa shape index (κ3) is 1.81. The van der Waals surface area contributed by atoms with Crippen molar-refractivity contribution in [3.8, 4) is 0 Å². The second-order valence-electron chi connectivity index (χ2n) is 4.23. The van der Waals surface area contributed by atoms with E-state index in [9.17, 15) is 14.0 Å². The zero-order valence-electron chi connectivity index (χ0n) is 9.61. The Morgan fingerprint density at radius 1 is 1.28 bits per heavy atom. The zero-order valence-corrected chi connectivity index (χ0v) is 9.61. The molecule has 3 rings (SSSR count). The molecule has 2 aliphatic heterocycles. The summed E-state index contributed by atoms with van der Waals surface area (Å²) >= 11 is 0. The van der Waals surface area contributed by atoms with Gasteiger partial charge < -0.3 is 9.64 Å². The minimum absolute atomic E-state index is 0.131. The number of allylic oxidation sites excluding steroid dienone is 2. The van der Waals surface area contributed by atoms with Gasteiger partial charge in [0, 0.05) is 19.2 Å². The van der Waals surface area contributed by atoms with Crippen molar-refractivity contribution in [3.63, 3.8) is 0 Å². The second kappa shape index (κ2) is 4.18. The molecule has 3 aliphatic rings. The van der Waals surface area contributed by atoms with Crippen LogP contribution in [0.1, 0.15) is 0 Å². The van der Waals surface area contributed by atoms with Gasteiger partial charge in [0.25, 0.3) is 0 Å². The van der Waals surface area contributed by atoms with Crippen molar-refractivity contribution in [2.24, 2.45) is 0 Å². The van der Waals surface area contributed by atoms with E-state index in [1.165, 1.54) is 11.1 Å². The van der Waals surface area contributed by atoms with Crippen LogP contribution >= 0.6 is 0 Å². The van der Waals surface area contributed by atoms with Crippen molar-refractivity contribution in [2.45, 2.75) is 0 Å². The molecule has 2 heterocycles. The van der Waals surface area contributed by atoms with E-state index in [0.29, 0.717) is 33.0 Å². The molecule has 0 aromatic heterocycles. The number of hydrazine groups is 1. The molecule has 0 radical (unpaired) electrons. The Morgan fingerprint density at radius 2 is 1.94 bits per heavy atom. The van der Waals surface area contributed by atoms with Crippen LogP contribution in [0.3, 0.4) is 0 Å². The lowest BCUT2D eigenvalue weighted by atomic mass is 10.0. The fraction of sp³-hybridized carbons (Fsp3) is 0.455. The third-order valence-electron chi connectivity index (χ3n) is 3.08. The highest BCUT2D eigenvalue weighted by Gasteiger charge is 2.38. The predicted molar refractivity (Wildman–Crippen MR) is 58.5 cm³/mol. The molecular weight excluding hydrogens is 241 g/mol. The molecule has 0 bridgehead atoms. The van der Waals surface area contributed by atoms with Crippen molar-refractivity contribution < 1.29 is 18.7 Å². The Hall–Kier alpha value is -1.73. The Balaban J connectivity index is 1.87. The summed E-state index contributed by atoms with van der Waals surface area (Å²) in [5, 5.41) is 1.32. The first-order chi connectivity index (χ1) is 8.68. The lowest BCUT2D eigenvalue weighted by Gasteiger charge is -2.31. The molecule has 0 spiro atoms. The smallest absolute Gasteiger partial charge is 0.239 e. The van der Waals surface area contributed by atoms with Crippen molar-refractivity contribution in [1.29, 1.82) is 0 Å². The highest BCUT2D eigenvalue weighted by molar-refractivity contribution is 6.21. The number of nitrogens with zero attached hydrogens (tertiary/aromatic N) is 2. The van der Waals surface area contributed by atoms with Crippen LogP contribution in [0.15, 0.2) is 23.3 Å². The SMILES string of the molecule is O=C1C=C(N2CCOCC2)C(=O)C(F)=C1N1CN1. The van der Waals surface area contributed by atoms with E-state index < -0.39 is 17.4 Å². The number of Topliss-reactive ketones (excluding diaryl/α,β-unsaturated/α-hetero) is 1. The molecule has 0 aromatic carbocycles. The number of ether oxygens (including phenoxy) is 1. The minimum Gasteiger partial charge on any atom is -0.378 e. The standard InChI is InChI=1S/C11H12FN3O3/c12-9-10(15-6-13-15)8(16)5-7(11(9)17)14-1-3-18-4-2-14/h5,13H,1-4,6H2. The molecular formula is C11H12FN3O3. The monoisotopic (exact) mass is 253 g/mol. The van der Waals surface area contributed by atoms with Crippen LogP contribution in [0.2, 0.25) is 0 Å². The van der Waals surface area contributed by atoms with Gasteiger partial charge in [-0.2, -0.15) is 0 Å². The van der Waals surface area contributed by atoms with Gasteiger partial charge in [-0.05, 0) is 0 Å². The predicted octanol–water partition coefficient (Wildman–Crippen LogP) is -0.687. The van der Waals surface area contributed by atoms with Crippen molar-refractivity contribution in [2.75, 3.05) is 33.0 Å². The average molecular weight is 253 g/mol. The van der Waals surface area contributed by atoms with Crippen LogP contribution in [0.5, 0.6) is 0 Å². The lowest BCUT2D eigenvalue weighted by Crippen LogP contribution is -2.40. The molecule has 18 heavy (non-hydrogen) atoms. The van der Waals surface area contributed by atoms with Crippen LogP contribution in [0.4, 0.5) is 4.39 Å². The summed E-state index contributed by atoms with van der Waals surface area (Å²) < 4.78 is 19.1. The van der Waals surface area contributed by atoms with E-state index in [1.54, 1.807) is 4.90 Å². The number of nitrogens with one attached hydrogen (secondary N) is 1. The van der Waals surface area contributed by atoms with E-state index >= 15 is 0 Å². The summed E-state index contributed by atoms with van der Waals surface area (Å²) in [5.41, 5.74) is 2.63. The number of hydrogen-bond donors (Lipinski definition) is 1. The van der Waals surface area contributed by atoms with E-state index in [-0.39, 0.29) is 11.4 Å². The minimum atomic E-state index is -0.978. The summed E-state index contributed by atoms with van der Waals surface area (Å²) in [4.78, 5) is 25.4. The van der Waals surface area contributed by atoms with E-state index in [1.807, 2.05) is 0 Å². The number of carbonyl (C=O) groups is 2. The van der Waals surface area contributed by atoms with Crippen LogP contribution in [0, 0.1) is 0 Å². The van der Waals surface area contributed by atoms with E-state index in [4.69, 9.17) is 4.74 Å². The fourth-order valence-electron chi connectivity index (χ4n) is 2.07. The number of morpholine rings is 1. The highest BCUT2D eigenvalue weighted by atomic mass is 19.1. The summed E-state index contributed by atoms with van der Waals surface area (Å²) in [5.74, 6) is -2.17. The molecule has 0 aromatic rings. The van der Waals surface area contributed by atoms with Crippen molar-refractivity contribution in [1.82, 2.24) is 15.3 Å². The second-order valence-corrected chi connectivity index (χ2v) is 4.23. The molecule has 0 atom stereocenters. The fourth-order valence-corrected chi connectivity index (χ4v) is 2.07. The largest absolute Gasteiger partial charge is 0.378 e. The Bertz CT molecular complexity index is 476. The normalized spacial score (nSPS) is 24.6. The molecule has 0 amide bonds. The Kier molecular flexibility index (Phi) is 2.64. The van der Waals surface area contributed by atoms with Gasteiger partial charge in [0.2, 0.25) is 17.4 Å². The van der Waals surface area contributed by atoms with Gasteiger partial charge in [0.15, 0.2) is 0 Å². The van der Waals surface area contributed by atoms with Crippen LogP contribution in [0.25, 0.3) is 0 Å². The lowest BCUT2D eigenvalue weighted by molar-refractivity contribution is -0.119. The summed E-state index contributed by atoms with van der Waals surface area (Å²) in [6, 6.07) is 0. The maximum atomic E-state index is 13.9. The van der Waals surface area contributed by atoms with Crippen LogP contribution in [-0.2, 0) is 14.3 Å². The molecule has 1 aliphatic carbocycles. The third-order valence-corrected chi connectivity index (χ3v) is 3.08. The Morgan fingerprint density at radius 3 is 2.56 bits per heavy atom. The quantitative estimate of drug-likeness (QED) is 0.519. The van der Waals surface area contributed by atoms with Crippen molar-refractivity contribution >= 4 is 11.6 Å². The summed E-state index contributed by atoms with van der Waals surface area (Å²) in [6.45, 7) is 2.34. The number of rotatable bonds is 2. The first kappa shape index (κ1) is 11.4. The van der Waals surface area contributed by atoms with E-state index in [2.05, 4.69) is 5.43 Å². The van der Waals surface area contributed by atoms with Crippen LogP contribution in [-0.4, -0.2) is 54.4 Å². The zero-order chi connectivity index (χ0) is 12.7. The molecule has 0 unspecified atom stereocenters. The van der Waals surface area contributed by atoms with Gasteiger partial charge in [-0.3, -0.25) is 14.6 Å². The Labute approximate surface area is 103 Å². The maximum Gasteiger partial charge on any atom is 0.239 e. The number of carbonyl (C=O) groups excluding carboxylic acids is 2. The number of ketones is 2. The highest BCUT2D eigenvalue weighted by Crippen LogP contribution is 2.26. The molecule has 2 saturated heterocycles. The van der Waals surface area contributed by atoms with Crippen molar-refractivity contribution in [3.05, 3.63) is 23.3 Å². The van der Waals surface area contributed by atoms with Gasteiger partial charge in [0.1, 0.15) is 12.4 Å². The average Bonchev–Trinajstić information content (AvgIpc) is 3.19. The molecule has 1 N–H and O–H groups in total. The molecule has 6 nitrogen and oxygen atoms in total. The van der Waals surface area contributed by atoms with Gasteiger partial charge in [0.05, 0.1) is 18.9 Å². The summed E-state index contributed by atoms with van der Waals surface area (Å²) in [6.07, 6.45) is 1.21. The maximum absolute atomic E-state index is 13.9. The number of halogens is 1. The van der Waals surface area contributed by atoms with Gasteiger partial charge >= 0.3 is 0 Å². The first-order valence-corrected chi connectivity index (χ1v) is 5.72. The molecule has 2 fully saturated rings. The van der Waals surface area contributed by atoms with Crippen LogP contribution < -0.4 is 5.43 Å². The van der Waals surface area contributed by atoms with Gasteiger partial charge in [-0.25, -0.2) is 9.82 Å². The number of hydrogen-bond acceptors (Lipinski definition) is 6. The van der Waals surface area contributed by atoms with Gasteiger partial charge in [-0.1, -0.05) is 0 Å². The topological polar surface area (TPSA) is 71.6 Å².